The van der Waals surface area contributed by atoms with Crippen LogP contribution >= 0.6 is 0 Å². The summed E-state index contributed by atoms with van der Waals surface area (Å²) in [5.41, 5.74) is 13.2. The van der Waals surface area contributed by atoms with E-state index in [-0.39, 0.29) is 0 Å². The lowest BCUT2D eigenvalue weighted by molar-refractivity contribution is 0.417. The van der Waals surface area contributed by atoms with E-state index in [9.17, 15) is 0 Å². The number of anilines is 1. The minimum atomic E-state index is 0.337. The fourth-order valence-corrected chi connectivity index (χ4v) is 4.08. The fourth-order valence-electron chi connectivity index (χ4n) is 4.08. The van der Waals surface area contributed by atoms with Gasteiger partial charge in [0.25, 0.3) is 0 Å². The maximum absolute atomic E-state index is 6.33. The zero-order valence-corrected chi connectivity index (χ0v) is 16.1. The average molecular weight is 379 g/mol. The van der Waals surface area contributed by atoms with E-state index in [1.807, 2.05) is 36.4 Å². The second-order valence-corrected chi connectivity index (χ2v) is 7.13. The van der Waals surface area contributed by atoms with Crippen LogP contribution in [0.4, 0.5) is 11.4 Å². The molecule has 1 aliphatic carbocycles. The molecule has 29 heavy (non-hydrogen) atoms. The summed E-state index contributed by atoms with van der Waals surface area (Å²) in [6.07, 6.45) is 0.888. The molecular weight excluding hydrogens is 358 g/mol. The van der Waals surface area contributed by atoms with Crippen LogP contribution in [0, 0.1) is 0 Å². The average Bonchev–Trinajstić information content (AvgIpc) is 3.14. The van der Waals surface area contributed by atoms with Gasteiger partial charge in [-0.2, -0.15) is 0 Å². The summed E-state index contributed by atoms with van der Waals surface area (Å²) in [7, 11) is 1.65. The van der Waals surface area contributed by atoms with Gasteiger partial charge in [0.15, 0.2) is 5.96 Å². The number of ether oxygens (including phenoxy) is 1. The van der Waals surface area contributed by atoms with Crippen LogP contribution in [0.25, 0.3) is 21.9 Å². The molecule has 0 atom stereocenters. The summed E-state index contributed by atoms with van der Waals surface area (Å²) in [4.78, 5) is 4.69. The first kappa shape index (κ1) is 17.3. The fraction of sp³-hybridized carbons (Fsp3) is 0.0800. The molecule has 0 heterocycles. The van der Waals surface area contributed by atoms with E-state index in [0.717, 1.165) is 28.6 Å². The Morgan fingerprint density at radius 2 is 1.69 bits per heavy atom. The zero-order valence-electron chi connectivity index (χ0n) is 16.1. The topological polar surface area (TPSA) is 59.6 Å². The van der Waals surface area contributed by atoms with E-state index < -0.39 is 0 Å². The molecule has 4 nitrogen and oxygen atoms in total. The molecule has 5 rings (SSSR count). The van der Waals surface area contributed by atoms with Crippen molar-refractivity contribution in [1.82, 2.24) is 0 Å². The molecule has 0 bridgehead atoms. The Morgan fingerprint density at radius 3 is 2.59 bits per heavy atom. The molecular formula is C25H21N3O. The van der Waals surface area contributed by atoms with E-state index in [1.165, 1.54) is 22.3 Å². The molecule has 142 valence electrons. The van der Waals surface area contributed by atoms with Gasteiger partial charge in [0.05, 0.1) is 7.11 Å². The van der Waals surface area contributed by atoms with Gasteiger partial charge in [0.2, 0.25) is 0 Å². The zero-order chi connectivity index (χ0) is 19.8. The van der Waals surface area contributed by atoms with Crippen molar-refractivity contribution in [3.63, 3.8) is 0 Å². The largest absolute Gasteiger partial charge is 0.494 e. The highest BCUT2D eigenvalue weighted by atomic mass is 16.5. The highest BCUT2D eigenvalue weighted by Crippen LogP contribution is 2.40. The second-order valence-electron chi connectivity index (χ2n) is 7.13. The molecule has 0 unspecified atom stereocenters. The Morgan fingerprint density at radius 1 is 0.897 bits per heavy atom. The quantitative estimate of drug-likeness (QED) is 0.322. The van der Waals surface area contributed by atoms with E-state index in [0.29, 0.717) is 11.7 Å². The number of benzene rings is 4. The molecule has 0 fully saturated rings. The summed E-state index contributed by atoms with van der Waals surface area (Å²) >= 11 is 0. The van der Waals surface area contributed by atoms with Crippen molar-refractivity contribution in [2.24, 2.45) is 10.7 Å². The Labute approximate surface area is 169 Å². The third-order valence-electron chi connectivity index (χ3n) is 5.43. The van der Waals surface area contributed by atoms with Gasteiger partial charge in [-0.25, -0.2) is 4.99 Å². The SMILES string of the molecule is COc1ccc2ccccc2c1N=C(N)Nc1cccc2c1Cc1ccccc1-2. The van der Waals surface area contributed by atoms with Crippen molar-refractivity contribution < 1.29 is 4.74 Å². The molecule has 0 spiro atoms. The standard InChI is InChI=1S/C25H21N3O/c1-29-23-14-13-16-7-2-5-10-19(16)24(23)28-25(26)27-22-12-6-11-20-18-9-4-3-8-17(18)15-21(20)22/h2-14H,15H2,1H3,(H3,26,27,28). The van der Waals surface area contributed by atoms with Gasteiger partial charge in [-0.05, 0) is 39.8 Å². The van der Waals surface area contributed by atoms with Gasteiger partial charge >= 0.3 is 0 Å². The molecule has 0 saturated carbocycles. The van der Waals surface area contributed by atoms with E-state index >= 15 is 0 Å². The first-order chi connectivity index (χ1) is 14.2. The van der Waals surface area contributed by atoms with E-state index in [1.54, 1.807) is 7.11 Å². The Bertz CT molecular complexity index is 1260. The maximum atomic E-state index is 6.33. The van der Waals surface area contributed by atoms with Crippen LogP contribution in [0.2, 0.25) is 0 Å². The van der Waals surface area contributed by atoms with E-state index in [2.05, 4.69) is 52.8 Å². The minimum Gasteiger partial charge on any atom is -0.494 e. The number of hydrogen-bond acceptors (Lipinski definition) is 2. The number of hydrogen-bond donors (Lipinski definition) is 2. The number of nitrogens with one attached hydrogen (secondary N) is 1. The van der Waals surface area contributed by atoms with Crippen molar-refractivity contribution in [2.75, 3.05) is 12.4 Å². The first-order valence-electron chi connectivity index (χ1n) is 9.61. The van der Waals surface area contributed by atoms with Crippen LogP contribution in [0.15, 0.2) is 83.9 Å². The van der Waals surface area contributed by atoms with Gasteiger partial charge < -0.3 is 15.8 Å². The highest BCUT2D eigenvalue weighted by molar-refractivity contribution is 6.02. The molecule has 0 aromatic heterocycles. The number of rotatable bonds is 3. The molecule has 0 aliphatic heterocycles. The molecule has 0 saturated heterocycles. The van der Waals surface area contributed by atoms with Gasteiger partial charge in [0.1, 0.15) is 11.4 Å². The summed E-state index contributed by atoms with van der Waals surface area (Å²) < 4.78 is 5.53. The van der Waals surface area contributed by atoms with Crippen LogP contribution < -0.4 is 15.8 Å². The number of fused-ring (bicyclic) bond motifs is 4. The Hall–Kier alpha value is -3.79. The van der Waals surface area contributed by atoms with Crippen molar-refractivity contribution in [3.8, 4) is 16.9 Å². The number of methoxy groups -OCH3 is 1. The van der Waals surface area contributed by atoms with Crippen molar-refractivity contribution in [3.05, 3.63) is 90.0 Å². The van der Waals surface area contributed by atoms with E-state index in [4.69, 9.17) is 10.5 Å². The highest BCUT2D eigenvalue weighted by Gasteiger charge is 2.20. The molecule has 1 aliphatic rings. The molecule has 4 heteroatoms. The summed E-state index contributed by atoms with van der Waals surface area (Å²) in [5, 5.41) is 5.41. The van der Waals surface area contributed by atoms with Crippen LogP contribution in [-0.2, 0) is 6.42 Å². The molecule has 3 N–H and O–H groups in total. The second kappa shape index (κ2) is 6.99. The smallest absolute Gasteiger partial charge is 0.198 e. The van der Waals surface area contributed by atoms with Gasteiger partial charge in [-0.1, -0.05) is 66.7 Å². The van der Waals surface area contributed by atoms with Crippen LogP contribution in [0.5, 0.6) is 5.75 Å². The maximum Gasteiger partial charge on any atom is 0.198 e. The normalized spacial score (nSPS) is 12.5. The number of nitrogens with two attached hydrogens (primary N) is 1. The van der Waals surface area contributed by atoms with Crippen molar-refractivity contribution in [1.29, 1.82) is 0 Å². The number of nitrogens with zero attached hydrogens (tertiary/aromatic N) is 1. The third kappa shape index (κ3) is 2.99. The summed E-state index contributed by atoms with van der Waals surface area (Å²) in [6, 6.07) is 26.8. The van der Waals surface area contributed by atoms with Crippen LogP contribution in [0.3, 0.4) is 0 Å². The van der Waals surface area contributed by atoms with Crippen molar-refractivity contribution >= 4 is 28.1 Å². The van der Waals surface area contributed by atoms with Crippen molar-refractivity contribution in [2.45, 2.75) is 6.42 Å². The number of guanidine groups is 1. The summed E-state index contributed by atoms with van der Waals surface area (Å²) in [6.45, 7) is 0. The predicted molar refractivity (Wildman–Crippen MR) is 120 cm³/mol. The van der Waals surface area contributed by atoms with Crippen LogP contribution in [-0.4, -0.2) is 13.1 Å². The predicted octanol–water partition coefficient (Wildman–Crippen LogP) is 5.48. The first-order valence-corrected chi connectivity index (χ1v) is 9.61. The monoisotopic (exact) mass is 379 g/mol. The Kier molecular flexibility index (Phi) is 4.17. The third-order valence-corrected chi connectivity index (χ3v) is 5.43. The molecule has 0 radical (unpaired) electrons. The molecule has 0 amide bonds. The van der Waals surface area contributed by atoms with Crippen LogP contribution in [0.1, 0.15) is 11.1 Å². The van der Waals surface area contributed by atoms with Gasteiger partial charge in [-0.3, -0.25) is 0 Å². The minimum absolute atomic E-state index is 0.337. The van der Waals surface area contributed by atoms with Gasteiger partial charge in [0, 0.05) is 17.5 Å². The Balaban J connectivity index is 1.54. The molecule has 4 aromatic rings. The lowest BCUT2D eigenvalue weighted by Crippen LogP contribution is -2.22. The number of aliphatic imine (C=N–C) groups is 1. The lowest BCUT2D eigenvalue weighted by atomic mass is 10.1. The summed E-state index contributed by atoms with van der Waals surface area (Å²) in [5.74, 6) is 1.03. The molecule has 4 aromatic carbocycles. The van der Waals surface area contributed by atoms with Gasteiger partial charge in [-0.15, -0.1) is 0 Å². The lowest BCUT2D eigenvalue weighted by Gasteiger charge is -2.13.